The predicted molar refractivity (Wildman–Crippen MR) is 91.8 cm³/mol. The van der Waals surface area contributed by atoms with Crippen LogP contribution < -0.4 is 10.1 Å². The number of aromatic nitrogens is 1. The Morgan fingerprint density at radius 3 is 3.09 bits per heavy atom. The summed E-state index contributed by atoms with van der Waals surface area (Å²) in [6, 6.07) is 3.93. The number of pyridine rings is 1. The second-order valence-electron chi connectivity index (χ2n) is 5.66. The van der Waals surface area contributed by atoms with Gasteiger partial charge in [0, 0.05) is 44.9 Å². The molecule has 1 aliphatic heterocycles. The Morgan fingerprint density at radius 1 is 1.48 bits per heavy atom. The van der Waals surface area contributed by atoms with Gasteiger partial charge in [0.05, 0.1) is 19.8 Å². The van der Waals surface area contributed by atoms with E-state index < -0.39 is 0 Å². The van der Waals surface area contributed by atoms with Gasteiger partial charge in [-0.3, -0.25) is 0 Å². The van der Waals surface area contributed by atoms with E-state index >= 15 is 0 Å². The molecular formula is C17H28N4O2. The van der Waals surface area contributed by atoms with Crippen LogP contribution in [-0.4, -0.2) is 55.8 Å². The number of aliphatic imine (C=N–C) groups is 1. The molecule has 0 amide bonds. The standard InChI is InChI=1S/C17H28N4O2/c1-4-18-17(21-9-7-15(12-21)13-22-3)20-11-14-6-8-19-16(10-14)23-5-2/h6,8,10,15H,4-5,7,9,11-13H2,1-3H3,(H,18,20). The molecule has 0 radical (unpaired) electrons. The molecule has 1 aromatic heterocycles. The van der Waals surface area contributed by atoms with Crippen molar-refractivity contribution in [2.75, 3.05) is 40.0 Å². The number of hydrogen-bond acceptors (Lipinski definition) is 4. The van der Waals surface area contributed by atoms with Gasteiger partial charge in [-0.2, -0.15) is 0 Å². The fraction of sp³-hybridized carbons (Fsp3) is 0.647. The number of methoxy groups -OCH3 is 1. The van der Waals surface area contributed by atoms with Crippen LogP contribution in [0.15, 0.2) is 23.3 Å². The average Bonchev–Trinajstić information content (AvgIpc) is 3.01. The van der Waals surface area contributed by atoms with E-state index in [4.69, 9.17) is 14.5 Å². The van der Waals surface area contributed by atoms with Gasteiger partial charge in [0.25, 0.3) is 0 Å². The van der Waals surface area contributed by atoms with E-state index in [9.17, 15) is 0 Å². The monoisotopic (exact) mass is 320 g/mol. The van der Waals surface area contributed by atoms with Crippen molar-refractivity contribution >= 4 is 5.96 Å². The molecule has 0 spiro atoms. The Labute approximate surface area is 138 Å². The zero-order valence-electron chi connectivity index (χ0n) is 14.4. The molecule has 6 nitrogen and oxygen atoms in total. The van der Waals surface area contributed by atoms with Gasteiger partial charge in [0.2, 0.25) is 5.88 Å². The molecule has 23 heavy (non-hydrogen) atoms. The number of hydrogen-bond donors (Lipinski definition) is 1. The van der Waals surface area contributed by atoms with Gasteiger partial charge in [0.1, 0.15) is 0 Å². The molecule has 1 aromatic rings. The summed E-state index contributed by atoms with van der Waals surface area (Å²) in [4.78, 5) is 11.3. The zero-order valence-corrected chi connectivity index (χ0v) is 14.4. The highest BCUT2D eigenvalue weighted by Crippen LogP contribution is 2.17. The van der Waals surface area contributed by atoms with E-state index in [-0.39, 0.29) is 0 Å². The molecule has 1 atom stereocenters. The summed E-state index contributed by atoms with van der Waals surface area (Å²) in [6.07, 6.45) is 2.93. The molecule has 128 valence electrons. The SMILES string of the molecule is CCNC(=NCc1ccnc(OCC)c1)N1CCC(COC)C1. The lowest BCUT2D eigenvalue weighted by molar-refractivity contribution is 0.157. The third-order valence-electron chi connectivity index (χ3n) is 3.83. The molecular weight excluding hydrogens is 292 g/mol. The normalized spacial score (nSPS) is 18.3. The van der Waals surface area contributed by atoms with Crippen molar-refractivity contribution in [2.45, 2.75) is 26.8 Å². The predicted octanol–water partition coefficient (Wildman–Crippen LogP) is 1.91. The van der Waals surface area contributed by atoms with Crippen LogP contribution in [0.25, 0.3) is 0 Å². The Morgan fingerprint density at radius 2 is 2.35 bits per heavy atom. The summed E-state index contributed by atoms with van der Waals surface area (Å²) >= 11 is 0. The minimum atomic E-state index is 0.592. The van der Waals surface area contributed by atoms with Crippen LogP contribution in [0, 0.1) is 5.92 Å². The molecule has 1 aliphatic rings. The average molecular weight is 320 g/mol. The lowest BCUT2D eigenvalue weighted by Crippen LogP contribution is -2.40. The number of ether oxygens (including phenoxy) is 2. The first-order chi connectivity index (χ1) is 11.3. The first-order valence-corrected chi connectivity index (χ1v) is 8.36. The van der Waals surface area contributed by atoms with Crippen LogP contribution in [0.5, 0.6) is 5.88 Å². The quantitative estimate of drug-likeness (QED) is 0.614. The van der Waals surface area contributed by atoms with Crippen LogP contribution in [0.2, 0.25) is 0 Å². The second-order valence-corrected chi connectivity index (χ2v) is 5.66. The first kappa shape index (κ1) is 17.5. The van der Waals surface area contributed by atoms with Gasteiger partial charge < -0.3 is 19.7 Å². The smallest absolute Gasteiger partial charge is 0.213 e. The molecule has 6 heteroatoms. The summed E-state index contributed by atoms with van der Waals surface area (Å²) in [5.41, 5.74) is 1.10. The number of nitrogens with one attached hydrogen (secondary N) is 1. The molecule has 1 saturated heterocycles. The van der Waals surface area contributed by atoms with E-state index in [0.717, 1.165) is 44.2 Å². The first-order valence-electron chi connectivity index (χ1n) is 8.36. The molecule has 0 saturated carbocycles. The number of guanidine groups is 1. The summed E-state index contributed by atoms with van der Waals surface area (Å²) in [7, 11) is 1.77. The van der Waals surface area contributed by atoms with Crippen molar-refractivity contribution < 1.29 is 9.47 Å². The minimum Gasteiger partial charge on any atom is -0.478 e. The molecule has 0 aliphatic carbocycles. The number of nitrogens with zero attached hydrogens (tertiary/aromatic N) is 3. The maximum absolute atomic E-state index is 5.44. The highest BCUT2D eigenvalue weighted by Gasteiger charge is 2.24. The summed E-state index contributed by atoms with van der Waals surface area (Å²) in [5, 5.41) is 3.39. The van der Waals surface area contributed by atoms with Gasteiger partial charge in [0.15, 0.2) is 5.96 Å². The van der Waals surface area contributed by atoms with E-state index in [1.54, 1.807) is 13.3 Å². The summed E-state index contributed by atoms with van der Waals surface area (Å²) < 4.78 is 10.7. The largest absolute Gasteiger partial charge is 0.478 e. The van der Waals surface area contributed by atoms with Gasteiger partial charge in [-0.25, -0.2) is 9.98 Å². The topological polar surface area (TPSA) is 59.0 Å². The Kier molecular flexibility index (Phi) is 7.13. The third kappa shape index (κ3) is 5.39. The maximum Gasteiger partial charge on any atom is 0.213 e. The van der Waals surface area contributed by atoms with Gasteiger partial charge in [-0.1, -0.05) is 0 Å². The number of rotatable bonds is 7. The molecule has 1 unspecified atom stereocenters. The summed E-state index contributed by atoms with van der Waals surface area (Å²) in [5.74, 6) is 2.22. The van der Waals surface area contributed by atoms with Crippen LogP contribution in [0.3, 0.4) is 0 Å². The Hall–Kier alpha value is -1.82. The van der Waals surface area contributed by atoms with E-state index in [1.807, 2.05) is 19.1 Å². The van der Waals surface area contributed by atoms with Crippen molar-refractivity contribution in [1.29, 1.82) is 0 Å². The molecule has 2 heterocycles. The molecule has 1 N–H and O–H groups in total. The van der Waals surface area contributed by atoms with E-state index in [1.165, 1.54) is 0 Å². The Balaban J connectivity index is 2.00. The van der Waals surface area contributed by atoms with Crippen LogP contribution in [0.1, 0.15) is 25.8 Å². The molecule has 0 bridgehead atoms. The fourth-order valence-electron chi connectivity index (χ4n) is 2.76. The minimum absolute atomic E-state index is 0.592. The summed E-state index contributed by atoms with van der Waals surface area (Å²) in [6.45, 7) is 9.01. The van der Waals surface area contributed by atoms with Gasteiger partial charge in [-0.15, -0.1) is 0 Å². The van der Waals surface area contributed by atoms with Gasteiger partial charge in [-0.05, 0) is 31.9 Å². The van der Waals surface area contributed by atoms with Crippen LogP contribution in [-0.2, 0) is 11.3 Å². The van der Waals surface area contributed by atoms with Crippen LogP contribution >= 0.6 is 0 Å². The maximum atomic E-state index is 5.44. The van der Waals surface area contributed by atoms with Gasteiger partial charge >= 0.3 is 0 Å². The van der Waals surface area contributed by atoms with Crippen LogP contribution in [0.4, 0.5) is 0 Å². The number of likely N-dealkylation sites (tertiary alicyclic amines) is 1. The lowest BCUT2D eigenvalue weighted by Gasteiger charge is -2.21. The molecule has 1 fully saturated rings. The van der Waals surface area contributed by atoms with Crippen molar-refractivity contribution in [3.05, 3.63) is 23.9 Å². The molecule has 0 aromatic carbocycles. The third-order valence-corrected chi connectivity index (χ3v) is 3.83. The highest BCUT2D eigenvalue weighted by atomic mass is 16.5. The molecule has 2 rings (SSSR count). The van der Waals surface area contributed by atoms with Crippen molar-refractivity contribution in [3.8, 4) is 5.88 Å². The van der Waals surface area contributed by atoms with Crippen molar-refractivity contribution in [3.63, 3.8) is 0 Å². The zero-order chi connectivity index (χ0) is 16.5. The van der Waals surface area contributed by atoms with E-state index in [2.05, 4.69) is 22.1 Å². The van der Waals surface area contributed by atoms with Crippen molar-refractivity contribution in [1.82, 2.24) is 15.2 Å². The van der Waals surface area contributed by atoms with E-state index in [0.29, 0.717) is 24.9 Å². The Bertz CT molecular complexity index is 507. The fourth-order valence-corrected chi connectivity index (χ4v) is 2.76. The lowest BCUT2D eigenvalue weighted by atomic mass is 10.1. The van der Waals surface area contributed by atoms with Crippen molar-refractivity contribution in [2.24, 2.45) is 10.9 Å². The second kappa shape index (κ2) is 9.35. The highest BCUT2D eigenvalue weighted by molar-refractivity contribution is 5.80.